The average Bonchev–Trinajstić information content (AvgIpc) is 3.10. The molecule has 0 N–H and O–H groups in total. The van der Waals surface area contributed by atoms with E-state index in [1.165, 1.54) is 4.31 Å². The molecule has 0 aliphatic heterocycles. The lowest BCUT2D eigenvalue weighted by Gasteiger charge is -2.21. The van der Waals surface area contributed by atoms with Gasteiger partial charge in [0.15, 0.2) is 0 Å². The lowest BCUT2D eigenvalue weighted by Crippen LogP contribution is -2.33. The third-order valence-electron chi connectivity index (χ3n) is 3.53. The molecule has 0 spiro atoms. The van der Waals surface area contributed by atoms with Crippen molar-refractivity contribution >= 4 is 21.4 Å². The van der Waals surface area contributed by atoms with E-state index >= 15 is 0 Å². The van der Waals surface area contributed by atoms with Crippen molar-refractivity contribution in [1.82, 2.24) is 4.31 Å². The van der Waals surface area contributed by atoms with E-state index in [1.807, 2.05) is 16.8 Å². The summed E-state index contributed by atoms with van der Waals surface area (Å²) in [5.74, 6) is 1.09. The van der Waals surface area contributed by atoms with Gasteiger partial charge >= 0.3 is 0 Å². The molecule has 138 valence electrons. The molecule has 0 unspecified atom stereocenters. The fraction of sp³-hybridized carbons (Fsp3) is 0.444. The molecule has 0 bridgehead atoms. The van der Waals surface area contributed by atoms with Crippen LogP contribution in [0.5, 0.6) is 5.75 Å². The van der Waals surface area contributed by atoms with Gasteiger partial charge < -0.3 is 9.47 Å². The highest BCUT2D eigenvalue weighted by atomic mass is 32.2. The van der Waals surface area contributed by atoms with E-state index in [4.69, 9.17) is 9.47 Å². The second-order valence-electron chi connectivity index (χ2n) is 6.14. The van der Waals surface area contributed by atoms with Gasteiger partial charge in [-0.05, 0) is 52.6 Å². The molecule has 2 aromatic rings. The minimum Gasteiger partial charge on any atom is -0.493 e. The maximum Gasteiger partial charge on any atom is 0.243 e. The third kappa shape index (κ3) is 5.81. The predicted molar refractivity (Wildman–Crippen MR) is 101 cm³/mol. The van der Waals surface area contributed by atoms with Gasteiger partial charge in [0, 0.05) is 20.2 Å². The normalized spacial score (nSPS) is 12.0. The summed E-state index contributed by atoms with van der Waals surface area (Å²) in [6, 6.07) is 8.53. The second kappa shape index (κ2) is 9.33. The van der Waals surface area contributed by atoms with Crippen LogP contribution < -0.4 is 4.74 Å². The van der Waals surface area contributed by atoms with Gasteiger partial charge in [0.25, 0.3) is 0 Å². The highest BCUT2D eigenvalue weighted by Gasteiger charge is 2.24. The first-order chi connectivity index (χ1) is 11.9. The van der Waals surface area contributed by atoms with Crippen molar-refractivity contribution in [2.24, 2.45) is 5.92 Å². The van der Waals surface area contributed by atoms with Gasteiger partial charge in [0.2, 0.25) is 10.0 Å². The zero-order valence-corrected chi connectivity index (χ0v) is 16.5. The molecule has 0 radical (unpaired) electrons. The zero-order chi connectivity index (χ0) is 18.3. The zero-order valence-electron chi connectivity index (χ0n) is 14.8. The number of hydrogen-bond acceptors (Lipinski definition) is 5. The summed E-state index contributed by atoms with van der Waals surface area (Å²) in [6.07, 6.45) is 0. The van der Waals surface area contributed by atoms with E-state index in [-0.39, 0.29) is 4.90 Å². The minimum absolute atomic E-state index is 0.260. The van der Waals surface area contributed by atoms with Gasteiger partial charge in [-0.15, -0.1) is 0 Å². The first-order valence-electron chi connectivity index (χ1n) is 8.16. The maximum atomic E-state index is 13.0. The highest BCUT2D eigenvalue weighted by Crippen LogP contribution is 2.22. The predicted octanol–water partition coefficient (Wildman–Crippen LogP) is 3.62. The minimum atomic E-state index is -3.60. The number of hydrogen-bond donors (Lipinski definition) is 0. The Morgan fingerprint density at radius 1 is 1.16 bits per heavy atom. The van der Waals surface area contributed by atoms with E-state index in [1.54, 1.807) is 42.7 Å². The van der Waals surface area contributed by atoms with Crippen LogP contribution in [0.15, 0.2) is 46.0 Å². The Bertz CT molecular complexity index is 725. The Balaban J connectivity index is 2.17. The molecule has 1 heterocycles. The quantitative estimate of drug-likeness (QED) is 0.629. The first kappa shape index (κ1) is 19.9. The van der Waals surface area contributed by atoms with Gasteiger partial charge in [0.05, 0.1) is 18.1 Å². The van der Waals surface area contributed by atoms with Crippen LogP contribution in [0.3, 0.4) is 0 Å². The number of nitrogens with zero attached hydrogens (tertiary/aromatic N) is 1. The standard InChI is InChI=1S/C18H25NO4S2/c1-15(2)13-23-17-4-6-18(7-5-17)25(20,21)19(9-10-22-3)12-16-8-11-24-14-16/h4-8,11,14-15H,9-10,12-13H2,1-3H3. The number of rotatable bonds is 10. The van der Waals surface area contributed by atoms with E-state index in [2.05, 4.69) is 13.8 Å². The van der Waals surface area contributed by atoms with Crippen LogP contribution >= 0.6 is 11.3 Å². The number of ether oxygens (including phenoxy) is 2. The Labute approximate surface area is 154 Å². The van der Waals surface area contributed by atoms with Crippen molar-refractivity contribution in [3.8, 4) is 5.75 Å². The van der Waals surface area contributed by atoms with Gasteiger partial charge in [-0.2, -0.15) is 15.6 Å². The van der Waals surface area contributed by atoms with Crippen molar-refractivity contribution in [2.45, 2.75) is 25.3 Å². The molecule has 5 nitrogen and oxygen atoms in total. The molecule has 1 aromatic carbocycles. The van der Waals surface area contributed by atoms with Crippen LogP contribution in [-0.4, -0.2) is 39.6 Å². The summed E-state index contributed by atoms with van der Waals surface area (Å²) >= 11 is 1.55. The molecular weight excluding hydrogens is 358 g/mol. The van der Waals surface area contributed by atoms with Crippen molar-refractivity contribution in [1.29, 1.82) is 0 Å². The Kier molecular flexibility index (Phi) is 7.43. The van der Waals surface area contributed by atoms with Gasteiger partial charge in [-0.1, -0.05) is 13.8 Å². The van der Waals surface area contributed by atoms with E-state index in [9.17, 15) is 8.42 Å². The number of methoxy groups -OCH3 is 1. The molecule has 0 atom stereocenters. The van der Waals surface area contributed by atoms with Crippen LogP contribution in [0.25, 0.3) is 0 Å². The number of sulfonamides is 1. The van der Waals surface area contributed by atoms with Crippen LogP contribution in [0, 0.1) is 5.92 Å². The summed E-state index contributed by atoms with van der Waals surface area (Å²) in [6.45, 7) is 5.72. The molecule has 0 aliphatic carbocycles. The van der Waals surface area contributed by atoms with E-state index in [0.29, 0.717) is 38.0 Å². The van der Waals surface area contributed by atoms with E-state index < -0.39 is 10.0 Å². The van der Waals surface area contributed by atoms with Gasteiger partial charge in [-0.3, -0.25) is 0 Å². The fourth-order valence-corrected chi connectivity index (χ4v) is 4.26. The Morgan fingerprint density at radius 2 is 1.88 bits per heavy atom. The highest BCUT2D eigenvalue weighted by molar-refractivity contribution is 7.89. The van der Waals surface area contributed by atoms with E-state index in [0.717, 1.165) is 5.56 Å². The maximum absolute atomic E-state index is 13.0. The Morgan fingerprint density at radius 3 is 2.44 bits per heavy atom. The first-order valence-corrected chi connectivity index (χ1v) is 10.5. The smallest absolute Gasteiger partial charge is 0.243 e. The molecule has 25 heavy (non-hydrogen) atoms. The molecular formula is C18H25NO4S2. The molecule has 0 amide bonds. The summed E-state index contributed by atoms with van der Waals surface area (Å²) < 4.78 is 38.1. The third-order valence-corrected chi connectivity index (χ3v) is 6.12. The number of benzene rings is 1. The fourth-order valence-electron chi connectivity index (χ4n) is 2.18. The summed E-state index contributed by atoms with van der Waals surface area (Å²) in [5, 5.41) is 3.90. The molecule has 0 aliphatic rings. The number of thiophene rings is 1. The largest absolute Gasteiger partial charge is 0.493 e. The van der Waals surface area contributed by atoms with Gasteiger partial charge in [-0.25, -0.2) is 8.42 Å². The average molecular weight is 384 g/mol. The molecule has 0 saturated heterocycles. The van der Waals surface area contributed by atoms with Crippen molar-refractivity contribution < 1.29 is 17.9 Å². The van der Waals surface area contributed by atoms with Crippen molar-refractivity contribution in [3.05, 3.63) is 46.7 Å². The van der Waals surface area contributed by atoms with Crippen molar-refractivity contribution in [2.75, 3.05) is 26.9 Å². The Hall–Kier alpha value is -1.41. The summed E-state index contributed by atoms with van der Waals surface area (Å²) in [5.41, 5.74) is 0.974. The molecule has 0 saturated carbocycles. The van der Waals surface area contributed by atoms with Crippen LogP contribution in [-0.2, 0) is 21.3 Å². The lowest BCUT2D eigenvalue weighted by atomic mass is 10.2. The van der Waals surface area contributed by atoms with Crippen LogP contribution in [0.2, 0.25) is 0 Å². The molecule has 1 aromatic heterocycles. The van der Waals surface area contributed by atoms with Crippen LogP contribution in [0.4, 0.5) is 0 Å². The monoisotopic (exact) mass is 383 g/mol. The SMILES string of the molecule is COCCN(Cc1ccsc1)S(=O)(=O)c1ccc(OCC(C)C)cc1. The summed E-state index contributed by atoms with van der Waals surface area (Å²) in [7, 11) is -2.03. The van der Waals surface area contributed by atoms with Crippen LogP contribution in [0.1, 0.15) is 19.4 Å². The summed E-state index contributed by atoms with van der Waals surface area (Å²) in [4.78, 5) is 0.260. The van der Waals surface area contributed by atoms with Crippen molar-refractivity contribution in [3.63, 3.8) is 0 Å². The molecule has 0 fully saturated rings. The molecule has 7 heteroatoms. The second-order valence-corrected chi connectivity index (χ2v) is 8.86. The lowest BCUT2D eigenvalue weighted by molar-refractivity contribution is 0.177. The molecule has 2 rings (SSSR count). The van der Waals surface area contributed by atoms with Gasteiger partial charge in [0.1, 0.15) is 5.75 Å². The topological polar surface area (TPSA) is 55.8 Å².